The summed E-state index contributed by atoms with van der Waals surface area (Å²) in [5, 5.41) is 14.4. The number of nitrogens with zero attached hydrogens (tertiary/aromatic N) is 2. The number of amides is 1. The molecule has 1 aromatic heterocycles. The highest BCUT2D eigenvalue weighted by Gasteiger charge is 2.13. The van der Waals surface area contributed by atoms with Crippen molar-refractivity contribution in [1.82, 2.24) is 15.3 Å². The fourth-order valence-corrected chi connectivity index (χ4v) is 2.70. The van der Waals surface area contributed by atoms with Gasteiger partial charge in [0.15, 0.2) is 0 Å². The number of nitrogens with two attached hydrogens (primary N) is 1. The number of nitrogen functional groups attached to an aromatic ring is 1. The van der Waals surface area contributed by atoms with Gasteiger partial charge in [-0.1, -0.05) is 23.2 Å². The number of nitrogens with one attached hydrogen (secondary N) is 2. The Balaban J connectivity index is 1.88. The van der Waals surface area contributed by atoms with Crippen molar-refractivity contribution in [2.24, 2.45) is 0 Å². The molecule has 0 radical (unpaired) electrons. The number of ether oxygens (including phenoxy) is 1. The molecule has 0 atom stereocenters. The quantitative estimate of drug-likeness (QED) is 0.267. The Hall–Kier alpha value is -3.04. The van der Waals surface area contributed by atoms with Crippen LogP contribution in [0.1, 0.15) is 0 Å². The monoisotopic (exact) mass is 425 g/mol. The third-order valence-corrected chi connectivity index (χ3v) is 4.39. The number of benzene rings is 2. The van der Waals surface area contributed by atoms with Crippen LogP contribution >= 0.6 is 23.2 Å². The lowest BCUT2D eigenvalue weighted by Crippen LogP contribution is -2.26. The first kappa shape index (κ1) is 19.7. The molecule has 0 spiro atoms. The summed E-state index contributed by atoms with van der Waals surface area (Å²) < 4.78 is 19.6. The summed E-state index contributed by atoms with van der Waals surface area (Å²) in [6.45, 7) is 0.187. The zero-order valence-corrected chi connectivity index (χ0v) is 15.7. The van der Waals surface area contributed by atoms with Crippen LogP contribution in [0.3, 0.4) is 0 Å². The average Bonchev–Trinajstić information content (AvgIpc) is 2.64. The molecule has 0 aliphatic carbocycles. The number of rotatable bonds is 6. The van der Waals surface area contributed by atoms with Gasteiger partial charge in [-0.05, 0) is 18.2 Å². The summed E-state index contributed by atoms with van der Waals surface area (Å²) in [5.74, 6) is 0.0538. The predicted molar refractivity (Wildman–Crippen MR) is 105 cm³/mol. The standard InChI is InChI=1S/C17H14Cl2FN5O3/c18-9-4-11(20)14(5-10(9)19)25-16-8-3-12(21)15(6-13(8)23-7-24-16)28-2-1-22-17(26)27/h3-7,22H,1-2,21H2,(H,26,27)(H,23,24,25). The fraction of sp³-hybridized carbons (Fsp3) is 0.118. The van der Waals surface area contributed by atoms with Crippen LogP contribution < -0.4 is 21.1 Å². The van der Waals surface area contributed by atoms with Gasteiger partial charge in [0.2, 0.25) is 0 Å². The molecule has 3 aromatic rings. The van der Waals surface area contributed by atoms with Crippen molar-refractivity contribution in [3.8, 4) is 5.75 Å². The molecule has 28 heavy (non-hydrogen) atoms. The molecule has 0 unspecified atom stereocenters. The minimum atomic E-state index is -1.15. The van der Waals surface area contributed by atoms with Gasteiger partial charge in [-0.25, -0.2) is 19.2 Å². The molecule has 0 fully saturated rings. The Morgan fingerprint density at radius 3 is 2.71 bits per heavy atom. The van der Waals surface area contributed by atoms with Gasteiger partial charge < -0.3 is 26.2 Å². The second-order valence-electron chi connectivity index (χ2n) is 5.58. The van der Waals surface area contributed by atoms with Crippen LogP contribution in [-0.2, 0) is 0 Å². The Bertz CT molecular complexity index is 1050. The molecule has 146 valence electrons. The molecule has 0 aliphatic rings. The van der Waals surface area contributed by atoms with E-state index >= 15 is 0 Å². The highest BCUT2D eigenvalue weighted by atomic mass is 35.5. The van der Waals surface area contributed by atoms with E-state index in [0.29, 0.717) is 22.5 Å². The molecule has 0 bridgehead atoms. The number of halogens is 3. The zero-order chi connectivity index (χ0) is 20.3. The van der Waals surface area contributed by atoms with E-state index < -0.39 is 11.9 Å². The molecule has 11 heteroatoms. The molecule has 1 heterocycles. The number of fused-ring (bicyclic) bond motifs is 1. The van der Waals surface area contributed by atoms with Crippen molar-refractivity contribution in [3.63, 3.8) is 0 Å². The molecule has 0 saturated carbocycles. The van der Waals surface area contributed by atoms with E-state index in [1.165, 1.54) is 12.4 Å². The Labute approximate surface area is 168 Å². The third kappa shape index (κ3) is 4.44. The maximum atomic E-state index is 14.1. The number of aromatic nitrogens is 2. The molecule has 0 saturated heterocycles. The number of anilines is 3. The van der Waals surface area contributed by atoms with E-state index in [1.807, 2.05) is 0 Å². The molecule has 5 N–H and O–H groups in total. The molecule has 0 aliphatic heterocycles. The first-order chi connectivity index (χ1) is 13.3. The van der Waals surface area contributed by atoms with Gasteiger partial charge in [0.05, 0.1) is 33.5 Å². The molecule has 3 rings (SSSR count). The van der Waals surface area contributed by atoms with Gasteiger partial charge in [-0.15, -0.1) is 0 Å². The van der Waals surface area contributed by atoms with Crippen molar-refractivity contribution in [1.29, 1.82) is 0 Å². The summed E-state index contributed by atoms with van der Waals surface area (Å²) in [4.78, 5) is 18.7. The van der Waals surface area contributed by atoms with E-state index in [-0.39, 0.29) is 34.6 Å². The number of hydrogen-bond acceptors (Lipinski definition) is 6. The SMILES string of the molecule is Nc1cc2c(Nc3cc(Cl)c(Cl)cc3F)ncnc2cc1OCCNC(=O)O. The summed E-state index contributed by atoms with van der Waals surface area (Å²) >= 11 is 11.7. The lowest BCUT2D eigenvalue weighted by molar-refractivity contribution is 0.191. The number of hydrogen-bond donors (Lipinski definition) is 4. The first-order valence-corrected chi connectivity index (χ1v) is 8.66. The molecular weight excluding hydrogens is 412 g/mol. The first-order valence-electron chi connectivity index (χ1n) is 7.90. The second kappa shape index (κ2) is 8.32. The van der Waals surface area contributed by atoms with Crippen LogP contribution in [0.25, 0.3) is 10.9 Å². The van der Waals surface area contributed by atoms with Gasteiger partial charge in [-0.2, -0.15) is 0 Å². The van der Waals surface area contributed by atoms with Crippen LogP contribution in [0.2, 0.25) is 10.0 Å². The van der Waals surface area contributed by atoms with Crippen molar-refractivity contribution >= 4 is 57.4 Å². The van der Waals surface area contributed by atoms with Crippen molar-refractivity contribution in [2.75, 3.05) is 24.2 Å². The fourth-order valence-electron chi connectivity index (χ4n) is 2.39. The van der Waals surface area contributed by atoms with Gasteiger partial charge in [0.25, 0.3) is 0 Å². The van der Waals surface area contributed by atoms with Gasteiger partial charge >= 0.3 is 6.09 Å². The van der Waals surface area contributed by atoms with E-state index in [4.69, 9.17) is 38.8 Å². The summed E-state index contributed by atoms with van der Waals surface area (Å²) in [6, 6.07) is 5.61. The van der Waals surface area contributed by atoms with E-state index in [9.17, 15) is 9.18 Å². The third-order valence-electron chi connectivity index (χ3n) is 3.67. The highest BCUT2D eigenvalue weighted by molar-refractivity contribution is 6.42. The maximum Gasteiger partial charge on any atom is 0.404 e. The smallest absolute Gasteiger partial charge is 0.404 e. The topological polar surface area (TPSA) is 122 Å². The highest BCUT2D eigenvalue weighted by Crippen LogP contribution is 2.33. The van der Waals surface area contributed by atoms with Crippen LogP contribution in [0.4, 0.5) is 26.4 Å². The van der Waals surface area contributed by atoms with E-state index in [1.54, 1.807) is 12.1 Å². The molecule has 2 aromatic carbocycles. The average molecular weight is 426 g/mol. The summed E-state index contributed by atoms with van der Waals surface area (Å²) in [6.07, 6.45) is 0.152. The summed E-state index contributed by atoms with van der Waals surface area (Å²) in [5.41, 5.74) is 6.88. The van der Waals surface area contributed by atoms with Gasteiger partial charge in [0.1, 0.15) is 30.3 Å². The Morgan fingerprint density at radius 2 is 1.96 bits per heavy atom. The van der Waals surface area contributed by atoms with Crippen molar-refractivity contribution in [3.05, 3.63) is 46.5 Å². The lowest BCUT2D eigenvalue weighted by Gasteiger charge is -2.13. The Kier molecular flexibility index (Phi) is 5.86. The molecular formula is C17H14Cl2FN5O3. The normalized spacial score (nSPS) is 10.7. The minimum absolute atomic E-state index is 0.0900. The van der Waals surface area contributed by atoms with E-state index in [2.05, 4.69) is 20.6 Å². The zero-order valence-electron chi connectivity index (χ0n) is 14.2. The second-order valence-corrected chi connectivity index (χ2v) is 6.40. The number of carboxylic acid groups (broad SMARTS) is 1. The van der Waals surface area contributed by atoms with Crippen LogP contribution in [0.15, 0.2) is 30.6 Å². The van der Waals surface area contributed by atoms with Crippen molar-refractivity contribution < 1.29 is 19.0 Å². The number of carbonyl (C=O) groups is 1. The van der Waals surface area contributed by atoms with Crippen LogP contribution in [0.5, 0.6) is 5.75 Å². The van der Waals surface area contributed by atoms with Crippen LogP contribution in [-0.4, -0.2) is 34.3 Å². The van der Waals surface area contributed by atoms with Gasteiger partial charge in [-0.3, -0.25) is 0 Å². The van der Waals surface area contributed by atoms with Gasteiger partial charge in [0, 0.05) is 11.5 Å². The van der Waals surface area contributed by atoms with Crippen molar-refractivity contribution in [2.45, 2.75) is 0 Å². The minimum Gasteiger partial charge on any atom is -0.490 e. The summed E-state index contributed by atoms with van der Waals surface area (Å²) in [7, 11) is 0. The van der Waals surface area contributed by atoms with Crippen LogP contribution in [0, 0.1) is 5.82 Å². The molecule has 1 amide bonds. The predicted octanol–water partition coefficient (Wildman–Crippen LogP) is 4.05. The molecule has 8 nitrogen and oxygen atoms in total. The Morgan fingerprint density at radius 1 is 1.21 bits per heavy atom. The lowest BCUT2D eigenvalue weighted by atomic mass is 10.2. The largest absolute Gasteiger partial charge is 0.490 e. The maximum absolute atomic E-state index is 14.1. The van der Waals surface area contributed by atoms with E-state index in [0.717, 1.165) is 6.07 Å².